The standard InChI is InChI=1S/C17H17NO2/c1-12(10-13-6-3-2-4-7-13)11-14-8-5-9-15(16(14)19)17(18)20/h2-10,19H,11H2,1H3,(H2,18,20)/b12-10+. The molecule has 1 amide bonds. The highest BCUT2D eigenvalue weighted by Gasteiger charge is 2.11. The molecule has 0 saturated heterocycles. The van der Waals surface area contributed by atoms with Crippen LogP contribution in [0.1, 0.15) is 28.4 Å². The second kappa shape index (κ2) is 6.06. The van der Waals surface area contributed by atoms with Gasteiger partial charge in [-0.15, -0.1) is 0 Å². The van der Waals surface area contributed by atoms with Crippen LogP contribution in [0, 0.1) is 0 Å². The molecular weight excluding hydrogens is 250 g/mol. The molecule has 3 N–H and O–H groups in total. The Bertz CT molecular complexity index is 645. The number of benzene rings is 2. The van der Waals surface area contributed by atoms with Crippen molar-refractivity contribution in [3.05, 3.63) is 70.8 Å². The topological polar surface area (TPSA) is 63.3 Å². The lowest BCUT2D eigenvalue weighted by molar-refractivity contribution is 0.0997. The highest BCUT2D eigenvalue weighted by Crippen LogP contribution is 2.25. The van der Waals surface area contributed by atoms with Crippen molar-refractivity contribution in [3.8, 4) is 5.75 Å². The summed E-state index contributed by atoms with van der Waals surface area (Å²) in [6, 6.07) is 15.0. The third-order valence-electron chi connectivity index (χ3n) is 3.07. The van der Waals surface area contributed by atoms with Crippen LogP contribution in [-0.4, -0.2) is 11.0 Å². The third-order valence-corrected chi connectivity index (χ3v) is 3.07. The second-order valence-electron chi connectivity index (χ2n) is 4.76. The number of primary amides is 1. The average molecular weight is 267 g/mol. The fraction of sp³-hybridized carbons (Fsp3) is 0.118. The second-order valence-corrected chi connectivity index (χ2v) is 4.76. The number of hydrogen-bond donors (Lipinski definition) is 2. The first kappa shape index (κ1) is 13.9. The van der Waals surface area contributed by atoms with Gasteiger partial charge in [-0.25, -0.2) is 0 Å². The lowest BCUT2D eigenvalue weighted by Gasteiger charge is -2.08. The van der Waals surface area contributed by atoms with E-state index in [9.17, 15) is 9.90 Å². The van der Waals surface area contributed by atoms with E-state index >= 15 is 0 Å². The number of allylic oxidation sites excluding steroid dienone is 1. The Morgan fingerprint density at radius 1 is 1.15 bits per heavy atom. The molecule has 2 aromatic carbocycles. The number of nitrogens with two attached hydrogens (primary N) is 1. The highest BCUT2D eigenvalue weighted by atomic mass is 16.3. The Balaban J connectivity index is 2.24. The molecule has 0 heterocycles. The molecular formula is C17H17NO2. The average Bonchev–Trinajstić information content (AvgIpc) is 2.42. The minimum atomic E-state index is -0.617. The van der Waals surface area contributed by atoms with E-state index in [1.807, 2.05) is 37.3 Å². The van der Waals surface area contributed by atoms with Gasteiger partial charge in [0.25, 0.3) is 5.91 Å². The fourth-order valence-corrected chi connectivity index (χ4v) is 2.12. The lowest BCUT2D eigenvalue weighted by Crippen LogP contribution is -2.11. The van der Waals surface area contributed by atoms with Crippen molar-refractivity contribution < 1.29 is 9.90 Å². The number of carbonyl (C=O) groups excluding carboxylic acids is 1. The molecule has 2 aromatic rings. The van der Waals surface area contributed by atoms with Crippen LogP contribution in [0.25, 0.3) is 6.08 Å². The Kier molecular flexibility index (Phi) is 4.20. The molecule has 3 heteroatoms. The number of phenols is 1. The van der Waals surface area contributed by atoms with Crippen molar-refractivity contribution in [2.45, 2.75) is 13.3 Å². The number of rotatable bonds is 4. The minimum Gasteiger partial charge on any atom is -0.507 e. The van der Waals surface area contributed by atoms with E-state index in [1.54, 1.807) is 12.1 Å². The molecule has 102 valence electrons. The molecule has 0 saturated carbocycles. The Labute approximate surface area is 118 Å². The summed E-state index contributed by atoms with van der Waals surface area (Å²) in [7, 11) is 0. The molecule has 0 unspecified atom stereocenters. The van der Waals surface area contributed by atoms with E-state index in [4.69, 9.17) is 5.73 Å². The zero-order chi connectivity index (χ0) is 14.5. The molecule has 3 nitrogen and oxygen atoms in total. The quantitative estimate of drug-likeness (QED) is 0.893. The van der Waals surface area contributed by atoms with Crippen molar-refractivity contribution >= 4 is 12.0 Å². The molecule has 2 rings (SSSR count). The van der Waals surface area contributed by atoms with Crippen LogP contribution in [0.3, 0.4) is 0 Å². The van der Waals surface area contributed by atoms with Crippen molar-refractivity contribution in [3.63, 3.8) is 0 Å². The maximum Gasteiger partial charge on any atom is 0.252 e. The molecule has 0 bridgehead atoms. The molecule has 0 spiro atoms. The SMILES string of the molecule is C/C(=C\c1ccccc1)Cc1cccc(C(N)=O)c1O. The van der Waals surface area contributed by atoms with Gasteiger partial charge in [0.05, 0.1) is 5.56 Å². The number of hydrogen-bond acceptors (Lipinski definition) is 2. The number of carbonyl (C=O) groups is 1. The fourth-order valence-electron chi connectivity index (χ4n) is 2.12. The van der Waals surface area contributed by atoms with E-state index in [-0.39, 0.29) is 11.3 Å². The molecule has 0 atom stereocenters. The van der Waals surface area contributed by atoms with Gasteiger partial charge in [0.2, 0.25) is 0 Å². The van der Waals surface area contributed by atoms with Crippen LogP contribution in [0.5, 0.6) is 5.75 Å². The maximum absolute atomic E-state index is 11.2. The molecule has 20 heavy (non-hydrogen) atoms. The van der Waals surface area contributed by atoms with Gasteiger partial charge in [-0.2, -0.15) is 0 Å². The zero-order valence-corrected chi connectivity index (χ0v) is 11.3. The van der Waals surface area contributed by atoms with Gasteiger partial charge < -0.3 is 10.8 Å². The van der Waals surface area contributed by atoms with Crippen LogP contribution < -0.4 is 5.73 Å². The largest absolute Gasteiger partial charge is 0.507 e. The Morgan fingerprint density at radius 3 is 2.50 bits per heavy atom. The van der Waals surface area contributed by atoms with Crippen LogP contribution in [0.15, 0.2) is 54.1 Å². The van der Waals surface area contributed by atoms with Crippen LogP contribution in [0.4, 0.5) is 0 Å². The van der Waals surface area contributed by atoms with Gasteiger partial charge in [0.15, 0.2) is 0 Å². The van der Waals surface area contributed by atoms with Gasteiger partial charge >= 0.3 is 0 Å². The highest BCUT2D eigenvalue weighted by molar-refractivity contribution is 5.95. The van der Waals surface area contributed by atoms with Crippen LogP contribution in [-0.2, 0) is 6.42 Å². The van der Waals surface area contributed by atoms with E-state index in [0.717, 1.165) is 11.1 Å². The van der Waals surface area contributed by atoms with Gasteiger partial charge in [0.1, 0.15) is 5.75 Å². The molecule has 0 radical (unpaired) electrons. The molecule has 0 aliphatic carbocycles. The smallest absolute Gasteiger partial charge is 0.252 e. The molecule has 0 aliphatic rings. The summed E-state index contributed by atoms with van der Waals surface area (Å²) in [6.07, 6.45) is 2.62. The number of aromatic hydroxyl groups is 1. The van der Waals surface area contributed by atoms with Crippen LogP contribution >= 0.6 is 0 Å². The number of amides is 1. The van der Waals surface area contributed by atoms with Crippen molar-refractivity contribution in [2.24, 2.45) is 5.73 Å². The zero-order valence-electron chi connectivity index (χ0n) is 11.3. The van der Waals surface area contributed by atoms with Gasteiger partial charge in [0, 0.05) is 0 Å². The van der Waals surface area contributed by atoms with Gasteiger partial charge in [-0.05, 0) is 30.5 Å². The Hall–Kier alpha value is -2.55. The van der Waals surface area contributed by atoms with Gasteiger partial charge in [-0.1, -0.05) is 54.1 Å². The predicted molar refractivity (Wildman–Crippen MR) is 80.4 cm³/mol. The first-order valence-electron chi connectivity index (χ1n) is 6.41. The monoisotopic (exact) mass is 267 g/mol. The summed E-state index contributed by atoms with van der Waals surface area (Å²) >= 11 is 0. The van der Waals surface area contributed by atoms with E-state index in [2.05, 4.69) is 6.08 Å². The summed E-state index contributed by atoms with van der Waals surface area (Å²) in [6.45, 7) is 1.99. The molecule has 0 aromatic heterocycles. The maximum atomic E-state index is 11.2. The predicted octanol–water partition coefficient (Wildman–Crippen LogP) is 3.14. The van der Waals surface area contributed by atoms with Crippen molar-refractivity contribution in [1.82, 2.24) is 0 Å². The summed E-state index contributed by atoms with van der Waals surface area (Å²) in [5.41, 5.74) is 8.28. The van der Waals surface area contributed by atoms with Gasteiger partial charge in [-0.3, -0.25) is 4.79 Å². The van der Waals surface area contributed by atoms with Crippen molar-refractivity contribution in [1.29, 1.82) is 0 Å². The summed E-state index contributed by atoms with van der Waals surface area (Å²) < 4.78 is 0. The summed E-state index contributed by atoms with van der Waals surface area (Å²) in [5.74, 6) is -0.644. The first-order valence-corrected chi connectivity index (χ1v) is 6.41. The Morgan fingerprint density at radius 2 is 1.85 bits per heavy atom. The summed E-state index contributed by atoms with van der Waals surface area (Å²) in [4.78, 5) is 11.2. The van der Waals surface area contributed by atoms with E-state index in [1.165, 1.54) is 6.07 Å². The first-order chi connectivity index (χ1) is 9.58. The third kappa shape index (κ3) is 3.26. The summed E-state index contributed by atoms with van der Waals surface area (Å²) in [5, 5.41) is 10.0. The van der Waals surface area contributed by atoms with E-state index in [0.29, 0.717) is 12.0 Å². The normalized spacial score (nSPS) is 11.3. The van der Waals surface area contributed by atoms with Crippen molar-refractivity contribution in [2.75, 3.05) is 0 Å². The van der Waals surface area contributed by atoms with Crippen LogP contribution in [0.2, 0.25) is 0 Å². The molecule has 0 fully saturated rings. The minimum absolute atomic E-state index is 0.0270. The lowest BCUT2D eigenvalue weighted by atomic mass is 10.0. The number of para-hydroxylation sites is 1. The van der Waals surface area contributed by atoms with E-state index < -0.39 is 5.91 Å². The molecule has 0 aliphatic heterocycles.